The number of nitrogens with one attached hydrogen (secondary N) is 1. The topological polar surface area (TPSA) is 55.2 Å². The number of nitro benzene ring substituents is 1. The monoisotopic (exact) mass is 402 g/mol. The van der Waals surface area contributed by atoms with E-state index in [0.29, 0.717) is 21.2 Å². The van der Waals surface area contributed by atoms with Gasteiger partial charge in [0.1, 0.15) is 5.82 Å². The fourth-order valence-corrected chi connectivity index (χ4v) is 2.39. The summed E-state index contributed by atoms with van der Waals surface area (Å²) in [5.41, 5.74) is 1.50. The van der Waals surface area contributed by atoms with E-state index in [9.17, 15) is 14.5 Å². The number of nitro groups is 1. The van der Waals surface area contributed by atoms with E-state index in [1.54, 1.807) is 24.3 Å². The number of benzene rings is 2. The van der Waals surface area contributed by atoms with Crippen LogP contribution < -0.4 is 5.32 Å². The first-order chi connectivity index (χ1) is 9.47. The van der Waals surface area contributed by atoms with Crippen LogP contribution in [0.2, 0.25) is 0 Å². The number of nitrogens with zero attached hydrogens (tertiary/aromatic N) is 1. The van der Waals surface area contributed by atoms with Crippen molar-refractivity contribution < 1.29 is 9.31 Å². The van der Waals surface area contributed by atoms with Crippen LogP contribution in [0.5, 0.6) is 0 Å². The van der Waals surface area contributed by atoms with E-state index in [0.717, 1.165) is 5.56 Å². The molecular weight excluding hydrogens is 395 g/mol. The maximum absolute atomic E-state index is 13.4. The molecule has 0 aliphatic carbocycles. The van der Waals surface area contributed by atoms with Gasteiger partial charge in [0.05, 0.1) is 13.9 Å². The number of rotatable bonds is 4. The van der Waals surface area contributed by atoms with Gasteiger partial charge in [-0.1, -0.05) is 6.07 Å². The molecule has 0 aliphatic heterocycles. The molecule has 0 radical (unpaired) electrons. The Hall–Kier alpha value is -1.47. The molecule has 0 heterocycles. The van der Waals surface area contributed by atoms with Gasteiger partial charge >= 0.3 is 0 Å². The molecule has 0 aliphatic rings. The first-order valence-electron chi connectivity index (χ1n) is 5.59. The maximum Gasteiger partial charge on any atom is 0.283 e. The van der Waals surface area contributed by atoms with Gasteiger partial charge in [0.15, 0.2) is 0 Å². The van der Waals surface area contributed by atoms with Gasteiger partial charge in [-0.05, 0) is 61.7 Å². The summed E-state index contributed by atoms with van der Waals surface area (Å²) in [6, 6.07) is 9.50. The largest absolute Gasteiger partial charge is 0.381 e. The SMILES string of the molecule is O=[N+]([O-])c1ccc(NCc2ccc(Br)c(F)c2)cc1Br. The second kappa shape index (κ2) is 6.32. The van der Waals surface area contributed by atoms with Gasteiger partial charge in [0, 0.05) is 18.3 Å². The minimum Gasteiger partial charge on any atom is -0.381 e. The van der Waals surface area contributed by atoms with Crippen LogP contribution in [0.25, 0.3) is 0 Å². The van der Waals surface area contributed by atoms with Crippen molar-refractivity contribution in [2.24, 2.45) is 0 Å². The van der Waals surface area contributed by atoms with Crippen LogP contribution in [0.3, 0.4) is 0 Å². The summed E-state index contributed by atoms with van der Waals surface area (Å²) in [5.74, 6) is -0.325. The van der Waals surface area contributed by atoms with Gasteiger partial charge in [-0.25, -0.2) is 4.39 Å². The van der Waals surface area contributed by atoms with Gasteiger partial charge < -0.3 is 5.32 Å². The molecule has 104 valence electrons. The Morgan fingerprint density at radius 3 is 2.50 bits per heavy atom. The minimum atomic E-state index is -0.460. The molecule has 0 atom stereocenters. The lowest BCUT2D eigenvalue weighted by Crippen LogP contribution is -2.00. The van der Waals surface area contributed by atoms with Crippen molar-refractivity contribution in [3.05, 3.63) is 66.8 Å². The van der Waals surface area contributed by atoms with Crippen LogP contribution in [0.4, 0.5) is 15.8 Å². The zero-order valence-corrected chi connectivity index (χ0v) is 13.2. The van der Waals surface area contributed by atoms with Gasteiger partial charge in [-0.15, -0.1) is 0 Å². The summed E-state index contributed by atoms with van der Waals surface area (Å²) in [4.78, 5) is 10.2. The lowest BCUT2D eigenvalue weighted by molar-refractivity contribution is -0.385. The number of halogens is 3. The second-order valence-electron chi connectivity index (χ2n) is 4.03. The van der Waals surface area contributed by atoms with Crippen molar-refractivity contribution >= 4 is 43.2 Å². The molecule has 0 fully saturated rings. The molecular formula is C13H9Br2FN2O2. The highest BCUT2D eigenvalue weighted by Crippen LogP contribution is 2.28. The van der Waals surface area contributed by atoms with E-state index >= 15 is 0 Å². The van der Waals surface area contributed by atoms with E-state index in [1.165, 1.54) is 12.1 Å². The second-order valence-corrected chi connectivity index (χ2v) is 5.73. The molecule has 0 unspecified atom stereocenters. The quantitative estimate of drug-likeness (QED) is 0.585. The summed E-state index contributed by atoms with van der Waals surface area (Å²) < 4.78 is 14.2. The summed E-state index contributed by atoms with van der Waals surface area (Å²) in [6.07, 6.45) is 0. The predicted octanol–water partition coefficient (Wildman–Crippen LogP) is 4.87. The lowest BCUT2D eigenvalue weighted by atomic mass is 10.2. The molecule has 2 aromatic rings. The zero-order chi connectivity index (χ0) is 14.7. The highest BCUT2D eigenvalue weighted by molar-refractivity contribution is 9.10. The van der Waals surface area contributed by atoms with E-state index in [-0.39, 0.29) is 11.5 Å². The van der Waals surface area contributed by atoms with Crippen LogP contribution >= 0.6 is 31.9 Å². The Labute approximate surface area is 131 Å². The summed E-state index contributed by atoms with van der Waals surface area (Å²) in [7, 11) is 0. The van der Waals surface area contributed by atoms with Crippen LogP contribution in [-0.4, -0.2) is 4.92 Å². The number of anilines is 1. The molecule has 1 N–H and O–H groups in total. The first kappa shape index (κ1) is 14.9. The van der Waals surface area contributed by atoms with Crippen molar-refractivity contribution in [1.29, 1.82) is 0 Å². The molecule has 0 spiro atoms. The Balaban J connectivity index is 2.09. The Kier molecular flexibility index (Phi) is 4.72. The molecule has 7 heteroatoms. The summed E-state index contributed by atoms with van der Waals surface area (Å²) >= 11 is 6.24. The van der Waals surface area contributed by atoms with E-state index in [4.69, 9.17) is 0 Å². The lowest BCUT2D eigenvalue weighted by Gasteiger charge is -2.08. The Bertz CT molecular complexity index is 665. The summed E-state index contributed by atoms with van der Waals surface area (Å²) in [6.45, 7) is 0.425. The molecule has 0 saturated heterocycles. The van der Waals surface area contributed by atoms with Crippen LogP contribution in [0, 0.1) is 15.9 Å². The number of hydrogen-bond donors (Lipinski definition) is 1. The average Bonchev–Trinajstić information content (AvgIpc) is 2.40. The third-order valence-corrected chi connectivity index (χ3v) is 3.90. The molecule has 0 bridgehead atoms. The van der Waals surface area contributed by atoms with Gasteiger partial charge in [0.2, 0.25) is 0 Å². The molecule has 0 aromatic heterocycles. The smallest absolute Gasteiger partial charge is 0.283 e. The Morgan fingerprint density at radius 1 is 1.15 bits per heavy atom. The molecule has 0 saturated carbocycles. The molecule has 2 rings (SSSR count). The van der Waals surface area contributed by atoms with Crippen molar-refractivity contribution in [3.8, 4) is 0 Å². The van der Waals surface area contributed by atoms with Crippen LogP contribution in [0.1, 0.15) is 5.56 Å². The Morgan fingerprint density at radius 2 is 1.90 bits per heavy atom. The van der Waals surface area contributed by atoms with Crippen molar-refractivity contribution in [2.45, 2.75) is 6.54 Å². The molecule has 4 nitrogen and oxygen atoms in total. The summed E-state index contributed by atoms with van der Waals surface area (Å²) in [5, 5.41) is 13.8. The van der Waals surface area contributed by atoms with Gasteiger partial charge in [0.25, 0.3) is 5.69 Å². The zero-order valence-electron chi connectivity index (χ0n) is 10.1. The number of hydrogen-bond acceptors (Lipinski definition) is 3. The van der Waals surface area contributed by atoms with Crippen LogP contribution in [-0.2, 0) is 6.54 Å². The standard InChI is InChI=1S/C13H9Br2FN2O2/c14-10-3-1-8(5-12(10)16)7-17-9-2-4-13(18(19)20)11(15)6-9/h1-6,17H,7H2. The van der Waals surface area contributed by atoms with Gasteiger partial charge in [-0.3, -0.25) is 10.1 Å². The predicted molar refractivity (Wildman–Crippen MR) is 82.2 cm³/mol. The van der Waals surface area contributed by atoms with Crippen molar-refractivity contribution in [1.82, 2.24) is 0 Å². The minimum absolute atomic E-state index is 0.00485. The van der Waals surface area contributed by atoms with Gasteiger partial charge in [-0.2, -0.15) is 0 Å². The van der Waals surface area contributed by atoms with Crippen molar-refractivity contribution in [2.75, 3.05) is 5.32 Å². The maximum atomic E-state index is 13.4. The molecule has 2 aromatic carbocycles. The first-order valence-corrected chi connectivity index (χ1v) is 7.17. The highest BCUT2D eigenvalue weighted by Gasteiger charge is 2.11. The van der Waals surface area contributed by atoms with E-state index in [1.807, 2.05) is 0 Å². The fraction of sp³-hybridized carbons (Fsp3) is 0.0769. The third-order valence-electron chi connectivity index (χ3n) is 2.63. The van der Waals surface area contributed by atoms with E-state index in [2.05, 4.69) is 37.2 Å². The average molecular weight is 404 g/mol. The normalized spacial score (nSPS) is 10.3. The molecule has 0 amide bonds. The van der Waals surface area contributed by atoms with E-state index < -0.39 is 4.92 Å². The third kappa shape index (κ3) is 3.55. The highest BCUT2D eigenvalue weighted by atomic mass is 79.9. The fourth-order valence-electron chi connectivity index (χ4n) is 1.62. The molecule has 20 heavy (non-hydrogen) atoms. The van der Waals surface area contributed by atoms with Crippen molar-refractivity contribution in [3.63, 3.8) is 0 Å². The van der Waals surface area contributed by atoms with Crippen LogP contribution in [0.15, 0.2) is 45.3 Å².